The topological polar surface area (TPSA) is 90.4 Å². The third kappa shape index (κ3) is 3.21. The van der Waals surface area contributed by atoms with Crippen LogP contribution in [0.5, 0.6) is 0 Å². The number of rotatable bonds is 4. The van der Waals surface area contributed by atoms with Crippen molar-refractivity contribution in [2.24, 2.45) is 16.9 Å². The van der Waals surface area contributed by atoms with Crippen molar-refractivity contribution in [3.05, 3.63) is 124 Å². The standard InChI is InChI=1S/C33H24ClN5O2/c1-18-14-15-19(34)16-26(18)39-30(40)28-27-20-8-2-4-10-22(20)33(29(28)31(39)41,23-11-5-3-9-21(23)27)17-35-38-32-36-24-12-6-7-13-25(24)37-32/h2-17,27-29H,1H3,(H2,36,37,38)/b35-17-/t27?,28-,29-,33?/m0/s1. The van der Waals surface area contributed by atoms with Crippen LogP contribution < -0.4 is 10.3 Å². The highest BCUT2D eigenvalue weighted by Crippen LogP contribution is 2.63. The number of imide groups is 1. The summed E-state index contributed by atoms with van der Waals surface area (Å²) in [5.41, 5.74) is 9.22. The largest absolute Gasteiger partial charge is 0.323 e. The molecule has 4 aliphatic rings. The SMILES string of the molecule is Cc1ccc(Cl)cc1N1C(=O)[C@@H]2[C@@H](C1=O)C1c3ccccc3C2(/C=N\Nc2nc3ccccc3[nH]2)c2ccccc21. The van der Waals surface area contributed by atoms with Gasteiger partial charge in [-0.15, -0.1) is 0 Å². The number of fused-ring (bicyclic) bond motifs is 1. The number of hydrazone groups is 1. The number of aryl methyl sites for hydroxylation is 1. The molecule has 1 fully saturated rings. The molecule has 2 atom stereocenters. The number of H-pyrrole nitrogens is 1. The highest BCUT2D eigenvalue weighted by molar-refractivity contribution is 6.31. The fourth-order valence-electron chi connectivity index (χ4n) is 7.31. The molecule has 0 spiro atoms. The number of benzene rings is 4. The molecule has 2 heterocycles. The second kappa shape index (κ2) is 8.62. The summed E-state index contributed by atoms with van der Waals surface area (Å²) >= 11 is 6.36. The number of anilines is 2. The Morgan fingerprint density at radius 1 is 0.927 bits per heavy atom. The lowest BCUT2D eigenvalue weighted by atomic mass is 9.47. The van der Waals surface area contributed by atoms with Gasteiger partial charge in [-0.1, -0.05) is 78.3 Å². The van der Waals surface area contributed by atoms with Crippen LogP contribution in [0.1, 0.15) is 33.7 Å². The Hall–Kier alpha value is -4.75. The summed E-state index contributed by atoms with van der Waals surface area (Å²) in [5, 5.41) is 5.18. The minimum Gasteiger partial charge on any atom is -0.323 e. The Bertz CT molecular complexity index is 1860. The first kappa shape index (κ1) is 24.1. The number of aromatic amines is 1. The smallest absolute Gasteiger partial charge is 0.239 e. The number of halogens is 1. The second-order valence-corrected chi connectivity index (χ2v) is 11.4. The molecular weight excluding hydrogens is 534 g/mol. The Labute approximate surface area is 240 Å². The third-order valence-corrected chi connectivity index (χ3v) is 9.16. The van der Waals surface area contributed by atoms with Crippen molar-refractivity contribution in [3.63, 3.8) is 0 Å². The van der Waals surface area contributed by atoms with E-state index in [1.165, 1.54) is 4.90 Å². The van der Waals surface area contributed by atoms with E-state index in [2.05, 4.69) is 39.7 Å². The van der Waals surface area contributed by atoms with Gasteiger partial charge in [0, 0.05) is 17.2 Å². The molecule has 9 rings (SSSR count). The first-order chi connectivity index (χ1) is 20.0. The molecule has 0 saturated carbocycles. The average molecular weight is 558 g/mol. The van der Waals surface area contributed by atoms with E-state index < -0.39 is 17.3 Å². The summed E-state index contributed by atoms with van der Waals surface area (Å²) in [6, 6.07) is 29.3. The second-order valence-electron chi connectivity index (χ2n) is 10.9. The monoisotopic (exact) mass is 557 g/mol. The molecule has 0 radical (unpaired) electrons. The zero-order chi connectivity index (χ0) is 27.9. The first-order valence-electron chi connectivity index (χ1n) is 13.6. The predicted molar refractivity (Wildman–Crippen MR) is 159 cm³/mol. The van der Waals surface area contributed by atoms with Gasteiger partial charge in [-0.05, 0) is 59.0 Å². The summed E-state index contributed by atoms with van der Waals surface area (Å²) < 4.78 is 0. The molecule has 1 saturated heterocycles. The van der Waals surface area contributed by atoms with Crippen LogP contribution in [0, 0.1) is 18.8 Å². The number of imidazole rings is 1. The quantitative estimate of drug-likeness (QED) is 0.157. The van der Waals surface area contributed by atoms with E-state index in [-0.39, 0.29) is 17.7 Å². The maximum Gasteiger partial charge on any atom is 0.239 e. The molecule has 200 valence electrons. The van der Waals surface area contributed by atoms with Crippen molar-refractivity contribution >= 4 is 52.3 Å². The van der Waals surface area contributed by atoms with Gasteiger partial charge in [-0.3, -0.25) is 9.59 Å². The molecule has 41 heavy (non-hydrogen) atoms. The molecule has 2 bridgehead atoms. The lowest BCUT2D eigenvalue weighted by Gasteiger charge is -2.52. The molecule has 2 N–H and O–H groups in total. The van der Waals surface area contributed by atoms with Crippen LogP contribution in [-0.2, 0) is 15.0 Å². The van der Waals surface area contributed by atoms with E-state index in [0.717, 1.165) is 38.9 Å². The molecule has 4 aromatic carbocycles. The number of nitrogens with zero attached hydrogens (tertiary/aromatic N) is 3. The Balaban J connectivity index is 1.33. The van der Waals surface area contributed by atoms with Crippen molar-refractivity contribution in [1.29, 1.82) is 0 Å². The van der Waals surface area contributed by atoms with Gasteiger partial charge in [0.1, 0.15) is 0 Å². The maximum absolute atomic E-state index is 14.5. The Morgan fingerprint density at radius 2 is 1.61 bits per heavy atom. The van der Waals surface area contributed by atoms with Crippen LogP contribution >= 0.6 is 11.6 Å². The fourth-order valence-corrected chi connectivity index (χ4v) is 7.48. The van der Waals surface area contributed by atoms with Crippen LogP contribution in [0.3, 0.4) is 0 Å². The summed E-state index contributed by atoms with van der Waals surface area (Å²) in [7, 11) is 0. The number of para-hydroxylation sites is 2. The molecule has 2 amide bonds. The van der Waals surface area contributed by atoms with E-state index in [9.17, 15) is 9.59 Å². The molecule has 7 nitrogen and oxygen atoms in total. The number of hydrogen-bond acceptors (Lipinski definition) is 5. The van der Waals surface area contributed by atoms with Crippen molar-refractivity contribution in [1.82, 2.24) is 9.97 Å². The molecule has 0 unspecified atom stereocenters. The number of carbonyl (C=O) groups excluding carboxylic acids is 2. The molecule has 1 aliphatic heterocycles. The summed E-state index contributed by atoms with van der Waals surface area (Å²) in [5.74, 6) is -1.46. The molecule has 8 heteroatoms. The van der Waals surface area contributed by atoms with Crippen LogP contribution in [-0.4, -0.2) is 28.0 Å². The van der Waals surface area contributed by atoms with Crippen LogP contribution in [0.25, 0.3) is 11.0 Å². The van der Waals surface area contributed by atoms with Crippen molar-refractivity contribution in [3.8, 4) is 0 Å². The normalized spacial score (nSPS) is 24.1. The zero-order valence-corrected chi connectivity index (χ0v) is 22.8. The molecule has 3 aliphatic carbocycles. The van der Waals surface area contributed by atoms with E-state index in [1.807, 2.05) is 67.7 Å². The van der Waals surface area contributed by atoms with Crippen LogP contribution in [0.15, 0.2) is 96.1 Å². The van der Waals surface area contributed by atoms with Gasteiger partial charge in [0.25, 0.3) is 0 Å². The van der Waals surface area contributed by atoms with Gasteiger partial charge < -0.3 is 4.98 Å². The number of amides is 2. The molecular formula is C33H24ClN5O2. The Kier molecular flexibility index (Phi) is 5.06. The van der Waals surface area contributed by atoms with Crippen molar-refractivity contribution in [2.75, 3.05) is 10.3 Å². The minimum atomic E-state index is -0.973. The first-order valence-corrected chi connectivity index (χ1v) is 13.9. The number of aromatic nitrogens is 2. The maximum atomic E-state index is 14.5. The summed E-state index contributed by atoms with van der Waals surface area (Å²) in [6.07, 6.45) is 1.81. The van der Waals surface area contributed by atoms with Crippen molar-refractivity contribution in [2.45, 2.75) is 18.3 Å². The van der Waals surface area contributed by atoms with Crippen LogP contribution in [0.2, 0.25) is 5.02 Å². The van der Waals surface area contributed by atoms with Gasteiger partial charge in [0.05, 0.1) is 34.0 Å². The van der Waals surface area contributed by atoms with E-state index in [1.54, 1.807) is 12.1 Å². The van der Waals surface area contributed by atoms with Gasteiger partial charge in [0.15, 0.2) is 0 Å². The summed E-state index contributed by atoms with van der Waals surface area (Å²) in [6.45, 7) is 1.89. The average Bonchev–Trinajstić information content (AvgIpc) is 3.53. The molecule has 1 aromatic heterocycles. The van der Waals surface area contributed by atoms with Gasteiger partial charge in [-0.25, -0.2) is 15.3 Å². The minimum absolute atomic E-state index is 0.206. The zero-order valence-electron chi connectivity index (χ0n) is 22.0. The van der Waals surface area contributed by atoms with Gasteiger partial charge >= 0.3 is 0 Å². The van der Waals surface area contributed by atoms with Crippen LogP contribution in [0.4, 0.5) is 11.6 Å². The highest BCUT2D eigenvalue weighted by Gasteiger charge is 2.68. The van der Waals surface area contributed by atoms with Crippen molar-refractivity contribution < 1.29 is 9.59 Å². The lowest BCUT2D eigenvalue weighted by Crippen LogP contribution is -2.54. The fraction of sp³-hybridized carbons (Fsp3) is 0.152. The number of carbonyl (C=O) groups is 2. The number of nitrogens with one attached hydrogen (secondary N) is 2. The highest BCUT2D eigenvalue weighted by atomic mass is 35.5. The lowest BCUT2D eigenvalue weighted by molar-refractivity contribution is -0.122. The molecule has 5 aromatic rings. The van der Waals surface area contributed by atoms with Gasteiger partial charge in [-0.2, -0.15) is 5.10 Å². The predicted octanol–water partition coefficient (Wildman–Crippen LogP) is 6.17. The van der Waals surface area contributed by atoms with Gasteiger partial charge in [0.2, 0.25) is 17.8 Å². The van der Waals surface area contributed by atoms with E-state index in [4.69, 9.17) is 16.7 Å². The Morgan fingerprint density at radius 3 is 2.34 bits per heavy atom. The number of hydrogen-bond donors (Lipinski definition) is 2. The third-order valence-electron chi connectivity index (χ3n) is 8.92. The van der Waals surface area contributed by atoms with E-state index >= 15 is 0 Å². The van der Waals surface area contributed by atoms with E-state index in [0.29, 0.717) is 16.7 Å². The summed E-state index contributed by atoms with van der Waals surface area (Å²) in [4.78, 5) is 38.1.